The number of benzene rings is 2. The highest BCUT2D eigenvalue weighted by molar-refractivity contribution is 7.17. The summed E-state index contributed by atoms with van der Waals surface area (Å²) in [5, 5.41) is 29.2. The van der Waals surface area contributed by atoms with E-state index in [-0.39, 0.29) is 11.8 Å². The molecule has 0 atom stereocenters. The number of hydrogen-bond donors (Lipinski definition) is 5. The maximum atomic E-state index is 13.1. The molecule has 0 fully saturated rings. The summed E-state index contributed by atoms with van der Waals surface area (Å²) in [5.74, 6) is -0.564. The summed E-state index contributed by atoms with van der Waals surface area (Å²) >= 11 is 1.12. The Morgan fingerprint density at radius 2 is 1.38 bits per heavy atom. The highest BCUT2D eigenvalue weighted by atomic mass is 32.1. The van der Waals surface area contributed by atoms with Crippen LogP contribution in [0.2, 0.25) is 0 Å². The number of aromatic nitrogens is 1. The minimum atomic E-state index is -1.27. The summed E-state index contributed by atoms with van der Waals surface area (Å²) in [6, 6.07) is 16.7. The lowest BCUT2D eigenvalue weighted by atomic mass is 10.0. The molecule has 1 aromatic heterocycles. The lowest BCUT2D eigenvalue weighted by molar-refractivity contribution is -0.114. The Kier molecular flexibility index (Phi) is 11.2. The van der Waals surface area contributed by atoms with E-state index in [0.717, 1.165) is 32.3 Å². The lowest BCUT2D eigenvalue weighted by Gasteiger charge is -2.48. The quantitative estimate of drug-likeness (QED) is 0.158. The van der Waals surface area contributed by atoms with E-state index in [1.54, 1.807) is 53.7 Å². The number of rotatable bonds is 11. The van der Waals surface area contributed by atoms with Crippen LogP contribution in [0.3, 0.4) is 0 Å². The van der Waals surface area contributed by atoms with E-state index in [0.29, 0.717) is 40.8 Å². The van der Waals surface area contributed by atoms with Gasteiger partial charge in [-0.3, -0.25) is 19.4 Å². The number of hydrogen-bond acceptors (Lipinski definition) is 7. The van der Waals surface area contributed by atoms with E-state index in [9.17, 15) is 29.4 Å². The number of aryl methyl sites for hydroxylation is 2. The van der Waals surface area contributed by atoms with Gasteiger partial charge in [0.25, 0.3) is 5.91 Å². The topological polar surface area (TPSA) is 164 Å². The monoisotopic (exact) mass is 638 g/mol. The maximum absolute atomic E-state index is 13.1. The van der Waals surface area contributed by atoms with Crippen LogP contribution in [0.4, 0.5) is 20.4 Å². The molecule has 0 saturated heterocycles. The van der Waals surface area contributed by atoms with E-state index in [1.807, 2.05) is 42.5 Å². The molecule has 3 rings (SSSR count). The molecule has 1 heterocycles. The van der Waals surface area contributed by atoms with Crippen molar-refractivity contribution in [2.45, 2.75) is 85.2 Å². The van der Waals surface area contributed by atoms with Crippen LogP contribution in [0, 0.1) is 0 Å². The molecule has 0 saturated carbocycles. The van der Waals surface area contributed by atoms with Crippen molar-refractivity contribution in [3.05, 3.63) is 76.3 Å². The average molecular weight is 639 g/mol. The van der Waals surface area contributed by atoms with Crippen LogP contribution in [-0.2, 0) is 24.2 Å². The van der Waals surface area contributed by atoms with Gasteiger partial charge in [-0.1, -0.05) is 53.8 Å². The number of carbonyl (C=O) groups is 4. The van der Waals surface area contributed by atoms with Gasteiger partial charge in [-0.25, -0.2) is 14.6 Å². The SMILES string of the molecule is CC(=O)Nc1nc(CCc2ccc(NC(N(C(=O)O)C(C)(C)C)N(C(=O)O)C(C)(C)C)cc2)c(C(=O)NCc2ccccc2)s1. The van der Waals surface area contributed by atoms with Crippen LogP contribution < -0.4 is 16.0 Å². The molecule has 0 spiro atoms. The van der Waals surface area contributed by atoms with Gasteiger partial charge in [0.05, 0.1) is 5.69 Å². The standard InChI is InChI=1S/C32H42N6O6S/c1-20(39)34-27-36-24(25(45-27)26(40)33-19-22-11-9-8-10-12-22)18-15-21-13-16-23(17-14-21)35-28(37(29(41)42)31(2,3)4)38(30(43)44)32(5,6)7/h8-14,16-17,28,35H,15,18-19H2,1-7H3,(H,33,40)(H,41,42)(H,43,44)(H,34,36,39). The molecular formula is C32H42N6O6S. The minimum absolute atomic E-state index is 0.280. The fraction of sp³-hybridized carbons (Fsp3) is 0.406. The highest BCUT2D eigenvalue weighted by Gasteiger charge is 2.43. The Labute approximate surface area is 267 Å². The van der Waals surface area contributed by atoms with Crippen molar-refractivity contribution in [2.75, 3.05) is 10.6 Å². The molecule has 0 aliphatic heterocycles. The van der Waals surface area contributed by atoms with Gasteiger partial charge in [0.2, 0.25) is 5.91 Å². The van der Waals surface area contributed by atoms with Crippen molar-refractivity contribution >= 4 is 46.2 Å². The zero-order valence-electron chi connectivity index (χ0n) is 26.7. The van der Waals surface area contributed by atoms with Crippen molar-refractivity contribution in [1.82, 2.24) is 20.1 Å². The van der Waals surface area contributed by atoms with E-state index in [4.69, 9.17) is 0 Å². The van der Waals surface area contributed by atoms with Crippen LogP contribution >= 0.6 is 11.3 Å². The first-order valence-corrected chi connectivity index (χ1v) is 15.3. The number of amides is 4. The summed E-state index contributed by atoms with van der Waals surface area (Å²) in [6.45, 7) is 11.9. The number of thiazole rings is 1. The summed E-state index contributed by atoms with van der Waals surface area (Å²) in [6.07, 6.45) is -2.80. The van der Waals surface area contributed by atoms with Crippen molar-refractivity contribution in [3.8, 4) is 0 Å². The molecule has 0 unspecified atom stereocenters. The molecule has 4 amide bonds. The molecule has 45 heavy (non-hydrogen) atoms. The van der Waals surface area contributed by atoms with Crippen molar-refractivity contribution in [3.63, 3.8) is 0 Å². The fourth-order valence-corrected chi connectivity index (χ4v) is 5.68. The maximum Gasteiger partial charge on any atom is 0.410 e. The first-order chi connectivity index (χ1) is 21.0. The Balaban J connectivity index is 1.81. The van der Waals surface area contributed by atoms with Gasteiger partial charge < -0.3 is 26.2 Å². The lowest BCUT2D eigenvalue weighted by Crippen LogP contribution is -2.66. The van der Waals surface area contributed by atoms with Crippen LogP contribution in [0.5, 0.6) is 0 Å². The molecule has 0 bridgehead atoms. The van der Waals surface area contributed by atoms with E-state index in [2.05, 4.69) is 20.9 Å². The molecule has 0 aliphatic carbocycles. The minimum Gasteiger partial charge on any atom is -0.465 e. The largest absolute Gasteiger partial charge is 0.465 e. The van der Waals surface area contributed by atoms with E-state index >= 15 is 0 Å². The van der Waals surface area contributed by atoms with Gasteiger partial charge in [-0.15, -0.1) is 0 Å². The highest BCUT2D eigenvalue weighted by Crippen LogP contribution is 2.28. The first kappa shape index (κ1) is 34.8. The molecule has 12 nitrogen and oxygen atoms in total. The van der Waals surface area contributed by atoms with Crippen LogP contribution in [0.25, 0.3) is 0 Å². The second kappa shape index (κ2) is 14.4. The molecule has 5 N–H and O–H groups in total. The molecule has 13 heteroatoms. The van der Waals surface area contributed by atoms with Crippen molar-refractivity contribution in [1.29, 1.82) is 0 Å². The van der Waals surface area contributed by atoms with Gasteiger partial charge in [-0.2, -0.15) is 0 Å². The normalized spacial score (nSPS) is 11.6. The van der Waals surface area contributed by atoms with E-state index < -0.39 is 29.6 Å². The second-order valence-electron chi connectivity index (χ2n) is 12.5. The zero-order chi connectivity index (χ0) is 33.5. The molecule has 242 valence electrons. The van der Waals surface area contributed by atoms with Gasteiger partial charge in [0, 0.05) is 30.2 Å². The Hall–Kier alpha value is -4.65. The molecule has 0 radical (unpaired) electrons. The Morgan fingerprint density at radius 1 is 0.822 bits per heavy atom. The second-order valence-corrected chi connectivity index (χ2v) is 13.5. The number of anilines is 2. The van der Waals surface area contributed by atoms with Gasteiger partial charge in [-0.05, 0) is 77.6 Å². The van der Waals surface area contributed by atoms with Gasteiger partial charge in [0.1, 0.15) is 4.88 Å². The molecule has 3 aromatic rings. The van der Waals surface area contributed by atoms with Crippen molar-refractivity contribution < 1.29 is 29.4 Å². The summed E-state index contributed by atoms with van der Waals surface area (Å²) in [4.78, 5) is 56.6. The average Bonchev–Trinajstić information content (AvgIpc) is 3.31. The third-order valence-electron chi connectivity index (χ3n) is 6.73. The fourth-order valence-electron chi connectivity index (χ4n) is 4.70. The molecular weight excluding hydrogens is 596 g/mol. The zero-order valence-corrected chi connectivity index (χ0v) is 27.5. The predicted molar refractivity (Wildman–Crippen MR) is 175 cm³/mol. The third kappa shape index (κ3) is 9.67. The molecule has 0 aliphatic rings. The van der Waals surface area contributed by atoms with Gasteiger partial charge >= 0.3 is 12.2 Å². The van der Waals surface area contributed by atoms with Crippen LogP contribution in [-0.4, -0.2) is 66.4 Å². The Morgan fingerprint density at radius 3 is 1.87 bits per heavy atom. The summed E-state index contributed by atoms with van der Waals surface area (Å²) in [7, 11) is 0. The number of nitrogens with one attached hydrogen (secondary N) is 3. The van der Waals surface area contributed by atoms with Crippen molar-refractivity contribution in [2.24, 2.45) is 0 Å². The number of nitrogens with zero attached hydrogens (tertiary/aromatic N) is 3. The molecule has 2 aromatic carbocycles. The summed E-state index contributed by atoms with van der Waals surface area (Å²) < 4.78 is 0. The first-order valence-electron chi connectivity index (χ1n) is 14.5. The van der Waals surface area contributed by atoms with Crippen LogP contribution in [0.1, 0.15) is 75.0 Å². The van der Waals surface area contributed by atoms with Gasteiger partial charge in [0.15, 0.2) is 11.4 Å². The van der Waals surface area contributed by atoms with E-state index in [1.165, 1.54) is 6.92 Å². The smallest absolute Gasteiger partial charge is 0.410 e. The number of carboxylic acid groups (broad SMARTS) is 2. The summed E-state index contributed by atoms with van der Waals surface area (Å²) in [5.41, 5.74) is 1.11. The predicted octanol–water partition coefficient (Wildman–Crippen LogP) is 6.07. The third-order valence-corrected chi connectivity index (χ3v) is 7.74. The van der Waals surface area contributed by atoms with Crippen LogP contribution in [0.15, 0.2) is 54.6 Å². The Bertz CT molecular complexity index is 1460. The number of carbonyl (C=O) groups excluding carboxylic acids is 2.